The number of nitrogens with zero attached hydrogens (tertiary/aromatic N) is 1. The van der Waals surface area contributed by atoms with E-state index in [0.717, 1.165) is 28.3 Å². The fraction of sp³-hybridized carbons (Fsp3) is 0.286. The number of hydrogen-bond donors (Lipinski definition) is 0. The minimum absolute atomic E-state index is 0.151. The van der Waals surface area contributed by atoms with Crippen LogP contribution in [0.25, 0.3) is 0 Å². The zero-order valence-electron chi connectivity index (χ0n) is 9.78. The van der Waals surface area contributed by atoms with Gasteiger partial charge in [-0.1, -0.05) is 12.1 Å². The molecule has 1 aromatic heterocycles. The van der Waals surface area contributed by atoms with Crippen LogP contribution in [0.5, 0.6) is 0 Å². The van der Waals surface area contributed by atoms with Crippen molar-refractivity contribution in [1.29, 1.82) is 0 Å². The Labute approximate surface area is 108 Å². The summed E-state index contributed by atoms with van der Waals surface area (Å²) in [5, 5.41) is 0.904. The van der Waals surface area contributed by atoms with Crippen molar-refractivity contribution in [3.05, 3.63) is 51.2 Å². The molecule has 0 radical (unpaired) electrons. The van der Waals surface area contributed by atoms with Crippen molar-refractivity contribution in [2.75, 3.05) is 0 Å². The van der Waals surface area contributed by atoms with Crippen LogP contribution >= 0.6 is 11.3 Å². The number of carbonyl (C=O) groups is 1. The summed E-state index contributed by atoms with van der Waals surface area (Å²) in [5.41, 5.74) is 1.55. The molecule has 1 aliphatic rings. The molecule has 2 aromatic rings. The molecule has 92 valence electrons. The summed E-state index contributed by atoms with van der Waals surface area (Å²) >= 11 is 1.59. The number of fused-ring (bicyclic) bond motifs is 1. The molecular weight excluding hydrogens is 249 g/mol. The SMILES string of the molecule is O=C1CCCc2sc(Cc3cccc(F)c3)nc21. The molecule has 1 heterocycles. The lowest BCUT2D eigenvalue weighted by atomic mass is 10.0. The van der Waals surface area contributed by atoms with E-state index in [1.807, 2.05) is 6.07 Å². The molecule has 0 bridgehead atoms. The largest absolute Gasteiger partial charge is 0.292 e. The van der Waals surface area contributed by atoms with E-state index in [0.29, 0.717) is 18.5 Å². The van der Waals surface area contributed by atoms with Crippen LogP contribution in [0.15, 0.2) is 24.3 Å². The highest BCUT2D eigenvalue weighted by molar-refractivity contribution is 7.12. The predicted octanol–water partition coefficient (Wildman–Crippen LogP) is 3.39. The molecule has 0 unspecified atom stereocenters. The summed E-state index contributed by atoms with van der Waals surface area (Å²) in [5.74, 6) is -0.0807. The average molecular weight is 261 g/mol. The second-order valence-corrected chi connectivity index (χ2v) is 5.63. The average Bonchev–Trinajstić information content (AvgIpc) is 2.73. The summed E-state index contributed by atoms with van der Waals surface area (Å²) in [4.78, 5) is 17.2. The Balaban J connectivity index is 1.88. The van der Waals surface area contributed by atoms with Gasteiger partial charge in [0.1, 0.15) is 11.5 Å². The van der Waals surface area contributed by atoms with E-state index >= 15 is 0 Å². The Kier molecular flexibility index (Phi) is 2.96. The van der Waals surface area contributed by atoms with Crippen LogP contribution in [0.4, 0.5) is 4.39 Å². The number of aryl methyl sites for hydroxylation is 1. The third-order valence-electron chi connectivity index (χ3n) is 3.06. The number of benzene rings is 1. The van der Waals surface area contributed by atoms with Crippen molar-refractivity contribution in [3.8, 4) is 0 Å². The van der Waals surface area contributed by atoms with E-state index in [1.54, 1.807) is 17.4 Å². The molecule has 0 saturated carbocycles. The van der Waals surface area contributed by atoms with Crippen LogP contribution in [0.2, 0.25) is 0 Å². The van der Waals surface area contributed by atoms with Gasteiger partial charge in [-0.25, -0.2) is 9.37 Å². The van der Waals surface area contributed by atoms with Gasteiger partial charge in [-0.15, -0.1) is 11.3 Å². The van der Waals surface area contributed by atoms with Crippen LogP contribution in [0.3, 0.4) is 0 Å². The first-order valence-corrected chi connectivity index (χ1v) is 6.80. The maximum Gasteiger partial charge on any atom is 0.182 e. The molecule has 0 N–H and O–H groups in total. The van der Waals surface area contributed by atoms with Crippen molar-refractivity contribution in [2.24, 2.45) is 0 Å². The van der Waals surface area contributed by atoms with E-state index in [4.69, 9.17) is 0 Å². The lowest BCUT2D eigenvalue weighted by Gasteiger charge is -2.06. The number of thiazole rings is 1. The van der Waals surface area contributed by atoms with Gasteiger partial charge in [-0.05, 0) is 30.5 Å². The third-order valence-corrected chi connectivity index (χ3v) is 4.17. The summed E-state index contributed by atoms with van der Waals surface area (Å²) in [6.07, 6.45) is 3.08. The zero-order valence-corrected chi connectivity index (χ0v) is 10.6. The topological polar surface area (TPSA) is 30.0 Å². The number of ketones is 1. The molecule has 0 aliphatic heterocycles. The lowest BCUT2D eigenvalue weighted by Crippen LogP contribution is -2.08. The van der Waals surface area contributed by atoms with E-state index in [9.17, 15) is 9.18 Å². The Morgan fingerprint density at radius 2 is 2.22 bits per heavy atom. The zero-order chi connectivity index (χ0) is 12.5. The van der Waals surface area contributed by atoms with Crippen LogP contribution < -0.4 is 0 Å². The van der Waals surface area contributed by atoms with E-state index in [2.05, 4.69) is 4.98 Å². The fourth-order valence-corrected chi connectivity index (χ4v) is 3.38. The predicted molar refractivity (Wildman–Crippen MR) is 68.6 cm³/mol. The van der Waals surface area contributed by atoms with Crippen molar-refractivity contribution >= 4 is 17.1 Å². The molecule has 0 spiro atoms. The van der Waals surface area contributed by atoms with E-state index in [1.165, 1.54) is 12.1 Å². The molecule has 0 fully saturated rings. The Hall–Kier alpha value is -1.55. The molecule has 18 heavy (non-hydrogen) atoms. The van der Waals surface area contributed by atoms with Gasteiger partial charge in [0, 0.05) is 17.7 Å². The van der Waals surface area contributed by atoms with Crippen molar-refractivity contribution in [1.82, 2.24) is 4.98 Å². The van der Waals surface area contributed by atoms with E-state index in [-0.39, 0.29) is 11.6 Å². The monoisotopic (exact) mass is 261 g/mol. The number of rotatable bonds is 2. The summed E-state index contributed by atoms with van der Waals surface area (Å²) in [6, 6.07) is 6.52. The molecular formula is C14H12FNOS. The molecule has 3 rings (SSSR count). The minimum Gasteiger partial charge on any atom is -0.292 e. The van der Waals surface area contributed by atoms with Gasteiger partial charge >= 0.3 is 0 Å². The first-order chi connectivity index (χ1) is 8.72. The molecule has 4 heteroatoms. The molecule has 2 nitrogen and oxygen atoms in total. The fourth-order valence-electron chi connectivity index (χ4n) is 2.21. The van der Waals surface area contributed by atoms with Crippen LogP contribution in [-0.2, 0) is 12.8 Å². The normalized spacial score (nSPS) is 14.6. The molecule has 0 saturated heterocycles. The van der Waals surface area contributed by atoms with Gasteiger partial charge in [0.05, 0.1) is 5.01 Å². The quantitative estimate of drug-likeness (QED) is 0.829. The minimum atomic E-state index is -0.232. The van der Waals surface area contributed by atoms with Gasteiger partial charge in [0.15, 0.2) is 5.78 Å². The summed E-state index contributed by atoms with van der Waals surface area (Å²) < 4.78 is 13.1. The van der Waals surface area contributed by atoms with Gasteiger partial charge in [-0.3, -0.25) is 4.79 Å². The highest BCUT2D eigenvalue weighted by Gasteiger charge is 2.22. The van der Waals surface area contributed by atoms with Crippen LogP contribution in [0, 0.1) is 5.82 Å². The van der Waals surface area contributed by atoms with Gasteiger partial charge in [0.2, 0.25) is 0 Å². The maximum atomic E-state index is 13.1. The molecule has 0 amide bonds. The second-order valence-electron chi connectivity index (χ2n) is 4.46. The third kappa shape index (κ3) is 2.20. The van der Waals surface area contributed by atoms with Gasteiger partial charge in [-0.2, -0.15) is 0 Å². The number of aromatic nitrogens is 1. The van der Waals surface area contributed by atoms with Gasteiger partial charge < -0.3 is 0 Å². The highest BCUT2D eigenvalue weighted by Crippen LogP contribution is 2.28. The molecule has 0 atom stereocenters. The lowest BCUT2D eigenvalue weighted by molar-refractivity contribution is 0.0968. The highest BCUT2D eigenvalue weighted by atomic mass is 32.1. The molecule has 1 aromatic carbocycles. The summed E-state index contributed by atoms with van der Waals surface area (Å²) in [7, 11) is 0. The maximum absolute atomic E-state index is 13.1. The summed E-state index contributed by atoms with van der Waals surface area (Å²) in [6.45, 7) is 0. The number of carbonyl (C=O) groups excluding carboxylic acids is 1. The van der Waals surface area contributed by atoms with Crippen molar-refractivity contribution < 1.29 is 9.18 Å². The number of hydrogen-bond acceptors (Lipinski definition) is 3. The van der Waals surface area contributed by atoms with Crippen LogP contribution in [-0.4, -0.2) is 10.8 Å². The van der Waals surface area contributed by atoms with Crippen molar-refractivity contribution in [3.63, 3.8) is 0 Å². The Morgan fingerprint density at radius 3 is 3.00 bits per heavy atom. The first kappa shape index (κ1) is 11.5. The van der Waals surface area contributed by atoms with E-state index < -0.39 is 0 Å². The standard InChI is InChI=1S/C14H12FNOS/c15-10-4-1-3-9(7-10)8-13-16-14-11(17)5-2-6-12(14)18-13/h1,3-4,7H,2,5-6,8H2. The number of Topliss-reactive ketones (excluding diaryl/α,β-unsaturated/α-hetero) is 1. The smallest absolute Gasteiger partial charge is 0.182 e. The van der Waals surface area contributed by atoms with Crippen molar-refractivity contribution in [2.45, 2.75) is 25.7 Å². The van der Waals surface area contributed by atoms with Crippen LogP contribution in [0.1, 0.15) is 38.8 Å². The number of halogens is 1. The second kappa shape index (κ2) is 4.61. The Bertz CT molecular complexity index is 606. The molecule has 1 aliphatic carbocycles. The first-order valence-electron chi connectivity index (χ1n) is 5.98. The Morgan fingerprint density at radius 1 is 1.33 bits per heavy atom. The van der Waals surface area contributed by atoms with Gasteiger partial charge in [0.25, 0.3) is 0 Å².